The third kappa shape index (κ3) is 8.12. The van der Waals surface area contributed by atoms with Crippen molar-refractivity contribution in [1.29, 1.82) is 0 Å². The summed E-state index contributed by atoms with van der Waals surface area (Å²) < 4.78 is 0. The Balaban J connectivity index is 3.76. The van der Waals surface area contributed by atoms with Gasteiger partial charge >= 0.3 is 0 Å². The molecule has 1 N–H and O–H groups in total. The van der Waals surface area contributed by atoms with Crippen molar-refractivity contribution in [3.63, 3.8) is 0 Å². The third-order valence-electron chi connectivity index (χ3n) is 2.94. The first-order chi connectivity index (χ1) is 7.47. The normalized spacial score (nSPS) is 14.1. The Morgan fingerprint density at radius 3 is 2.12 bits per heavy atom. The van der Waals surface area contributed by atoms with E-state index in [0.717, 1.165) is 12.5 Å². The minimum atomic E-state index is 0.658. The van der Waals surface area contributed by atoms with Crippen molar-refractivity contribution in [3.05, 3.63) is 0 Å². The quantitative estimate of drug-likeness (QED) is 0.652. The van der Waals surface area contributed by atoms with Crippen LogP contribution in [0.2, 0.25) is 0 Å². The van der Waals surface area contributed by atoms with Crippen LogP contribution in [-0.4, -0.2) is 36.6 Å². The molecule has 0 bridgehead atoms. The van der Waals surface area contributed by atoms with E-state index < -0.39 is 0 Å². The first-order valence-corrected chi connectivity index (χ1v) is 6.94. The Kier molecular flexibility index (Phi) is 8.96. The number of hydrogen-bond donors (Lipinski definition) is 1. The van der Waals surface area contributed by atoms with Crippen LogP contribution in [-0.2, 0) is 0 Å². The second-order valence-corrected chi connectivity index (χ2v) is 5.63. The standard InChI is InChI=1S/C14H32N2/c1-7-8-14(6)15-9-10-16(13(4)5)11-12(2)3/h12-15H,7-11H2,1-6H3. The van der Waals surface area contributed by atoms with Crippen molar-refractivity contribution in [1.82, 2.24) is 10.2 Å². The van der Waals surface area contributed by atoms with Gasteiger partial charge in [0.1, 0.15) is 0 Å². The monoisotopic (exact) mass is 228 g/mol. The highest BCUT2D eigenvalue weighted by atomic mass is 15.2. The van der Waals surface area contributed by atoms with Crippen LogP contribution in [0.3, 0.4) is 0 Å². The van der Waals surface area contributed by atoms with Gasteiger partial charge in [0.05, 0.1) is 0 Å². The van der Waals surface area contributed by atoms with E-state index in [1.165, 1.54) is 25.9 Å². The topological polar surface area (TPSA) is 15.3 Å². The molecule has 1 unspecified atom stereocenters. The molecule has 0 aromatic carbocycles. The van der Waals surface area contributed by atoms with Gasteiger partial charge in [-0.05, 0) is 33.1 Å². The highest BCUT2D eigenvalue weighted by Crippen LogP contribution is 2.03. The van der Waals surface area contributed by atoms with Crippen molar-refractivity contribution in [3.8, 4) is 0 Å². The zero-order valence-electron chi connectivity index (χ0n) is 12.2. The van der Waals surface area contributed by atoms with Crippen molar-refractivity contribution in [2.24, 2.45) is 5.92 Å². The smallest absolute Gasteiger partial charge is 0.0110 e. The van der Waals surface area contributed by atoms with E-state index in [-0.39, 0.29) is 0 Å². The lowest BCUT2D eigenvalue weighted by Crippen LogP contribution is -2.41. The van der Waals surface area contributed by atoms with Crippen molar-refractivity contribution >= 4 is 0 Å². The van der Waals surface area contributed by atoms with Gasteiger partial charge in [-0.2, -0.15) is 0 Å². The van der Waals surface area contributed by atoms with Crippen LogP contribution in [0.25, 0.3) is 0 Å². The summed E-state index contributed by atoms with van der Waals surface area (Å²) in [5.41, 5.74) is 0. The van der Waals surface area contributed by atoms with Gasteiger partial charge in [0.2, 0.25) is 0 Å². The second-order valence-electron chi connectivity index (χ2n) is 5.63. The highest BCUT2D eigenvalue weighted by molar-refractivity contribution is 4.68. The molecule has 2 heteroatoms. The molecule has 0 radical (unpaired) electrons. The zero-order valence-corrected chi connectivity index (χ0v) is 12.2. The summed E-state index contributed by atoms with van der Waals surface area (Å²) >= 11 is 0. The Morgan fingerprint density at radius 2 is 1.69 bits per heavy atom. The van der Waals surface area contributed by atoms with Gasteiger partial charge in [0.25, 0.3) is 0 Å². The Morgan fingerprint density at radius 1 is 1.06 bits per heavy atom. The van der Waals surface area contributed by atoms with E-state index in [1.807, 2.05) is 0 Å². The van der Waals surface area contributed by atoms with Crippen LogP contribution in [0.1, 0.15) is 54.4 Å². The molecule has 0 saturated carbocycles. The Bertz CT molecular complexity index is 155. The molecule has 16 heavy (non-hydrogen) atoms. The van der Waals surface area contributed by atoms with E-state index in [2.05, 4.69) is 51.8 Å². The molecule has 98 valence electrons. The van der Waals surface area contributed by atoms with E-state index in [9.17, 15) is 0 Å². The first kappa shape index (κ1) is 15.9. The van der Waals surface area contributed by atoms with Crippen LogP contribution >= 0.6 is 0 Å². The number of rotatable bonds is 9. The average Bonchev–Trinajstić information content (AvgIpc) is 2.15. The van der Waals surface area contributed by atoms with E-state index in [4.69, 9.17) is 0 Å². The molecular formula is C14H32N2. The summed E-state index contributed by atoms with van der Waals surface area (Å²) in [4.78, 5) is 2.57. The van der Waals surface area contributed by atoms with Gasteiger partial charge < -0.3 is 5.32 Å². The summed E-state index contributed by atoms with van der Waals surface area (Å²) in [6.45, 7) is 17.2. The van der Waals surface area contributed by atoms with E-state index >= 15 is 0 Å². The van der Waals surface area contributed by atoms with Gasteiger partial charge in [-0.25, -0.2) is 0 Å². The fourth-order valence-electron chi connectivity index (χ4n) is 2.02. The summed E-state index contributed by atoms with van der Waals surface area (Å²) in [5.74, 6) is 0.760. The minimum absolute atomic E-state index is 0.658. The summed E-state index contributed by atoms with van der Waals surface area (Å²) in [6.07, 6.45) is 2.56. The lowest BCUT2D eigenvalue weighted by molar-refractivity contribution is 0.196. The predicted molar refractivity (Wildman–Crippen MR) is 73.9 cm³/mol. The van der Waals surface area contributed by atoms with Crippen molar-refractivity contribution < 1.29 is 0 Å². The maximum atomic E-state index is 3.60. The fraction of sp³-hybridized carbons (Fsp3) is 1.00. The number of nitrogens with zero attached hydrogens (tertiary/aromatic N) is 1. The summed E-state index contributed by atoms with van der Waals surface area (Å²) in [6, 6.07) is 1.32. The molecule has 0 aromatic heterocycles. The van der Waals surface area contributed by atoms with Crippen LogP contribution in [0.4, 0.5) is 0 Å². The molecule has 0 spiro atoms. The predicted octanol–water partition coefficient (Wildman–Crippen LogP) is 3.13. The zero-order chi connectivity index (χ0) is 12.6. The largest absolute Gasteiger partial charge is 0.313 e. The molecule has 0 aliphatic carbocycles. The van der Waals surface area contributed by atoms with Crippen LogP contribution in [0.15, 0.2) is 0 Å². The van der Waals surface area contributed by atoms with Crippen LogP contribution in [0, 0.1) is 5.92 Å². The SMILES string of the molecule is CCCC(C)NCCN(CC(C)C)C(C)C. The fourth-order valence-corrected chi connectivity index (χ4v) is 2.02. The average molecular weight is 228 g/mol. The maximum absolute atomic E-state index is 3.60. The molecule has 0 aromatic rings. The summed E-state index contributed by atoms with van der Waals surface area (Å²) in [7, 11) is 0. The number of hydrogen-bond acceptors (Lipinski definition) is 2. The number of nitrogens with one attached hydrogen (secondary N) is 1. The van der Waals surface area contributed by atoms with Gasteiger partial charge in [0.15, 0.2) is 0 Å². The van der Waals surface area contributed by atoms with Gasteiger partial charge in [0, 0.05) is 31.7 Å². The van der Waals surface area contributed by atoms with Crippen molar-refractivity contribution in [2.45, 2.75) is 66.5 Å². The molecule has 0 heterocycles. The van der Waals surface area contributed by atoms with Crippen LogP contribution < -0.4 is 5.32 Å². The highest BCUT2D eigenvalue weighted by Gasteiger charge is 2.10. The molecule has 0 fully saturated rings. The molecular weight excluding hydrogens is 196 g/mol. The molecule has 0 aliphatic rings. The Hall–Kier alpha value is -0.0800. The lowest BCUT2D eigenvalue weighted by atomic mass is 10.1. The van der Waals surface area contributed by atoms with Crippen LogP contribution in [0.5, 0.6) is 0 Å². The maximum Gasteiger partial charge on any atom is 0.0110 e. The van der Waals surface area contributed by atoms with E-state index in [0.29, 0.717) is 12.1 Å². The first-order valence-electron chi connectivity index (χ1n) is 6.94. The molecule has 1 atom stereocenters. The second kappa shape index (κ2) is 9.00. The van der Waals surface area contributed by atoms with Gasteiger partial charge in [-0.15, -0.1) is 0 Å². The molecule has 0 amide bonds. The molecule has 0 aliphatic heterocycles. The molecule has 0 rings (SSSR count). The van der Waals surface area contributed by atoms with E-state index in [1.54, 1.807) is 0 Å². The third-order valence-corrected chi connectivity index (χ3v) is 2.94. The lowest BCUT2D eigenvalue weighted by Gasteiger charge is -2.28. The molecule has 0 saturated heterocycles. The van der Waals surface area contributed by atoms with Gasteiger partial charge in [-0.1, -0.05) is 27.2 Å². The minimum Gasteiger partial charge on any atom is -0.313 e. The van der Waals surface area contributed by atoms with Gasteiger partial charge in [-0.3, -0.25) is 4.90 Å². The summed E-state index contributed by atoms with van der Waals surface area (Å²) in [5, 5.41) is 3.60. The Labute approximate surface area is 103 Å². The molecule has 2 nitrogen and oxygen atoms in total. The van der Waals surface area contributed by atoms with Crippen molar-refractivity contribution in [2.75, 3.05) is 19.6 Å².